The Morgan fingerprint density at radius 1 is 0.889 bits per heavy atom. The van der Waals surface area contributed by atoms with E-state index in [1.54, 1.807) is 0 Å². The van der Waals surface area contributed by atoms with Gasteiger partial charge in [-0.1, -0.05) is 43.7 Å². The summed E-state index contributed by atoms with van der Waals surface area (Å²) in [6.07, 6.45) is 1.09. The highest BCUT2D eigenvalue weighted by Crippen LogP contribution is 2.22. The summed E-state index contributed by atoms with van der Waals surface area (Å²) in [5.41, 5.74) is 4.96. The summed E-state index contributed by atoms with van der Waals surface area (Å²) in [6, 6.07) is 23.5. The predicted octanol–water partition coefficient (Wildman–Crippen LogP) is 5.49. The van der Waals surface area contributed by atoms with Crippen molar-refractivity contribution >= 4 is 23.2 Å². The molecule has 0 bridgehead atoms. The van der Waals surface area contributed by atoms with Gasteiger partial charge in [0.05, 0.1) is 0 Å². The molecule has 36 heavy (non-hydrogen) atoms. The van der Waals surface area contributed by atoms with Crippen LogP contribution in [0.2, 0.25) is 0 Å². The lowest BCUT2D eigenvalue weighted by Crippen LogP contribution is -2.48. The van der Waals surface area contributed by atoms with E-state index in [9.17, 15) is 9.59 Å². The molecule has 1 N–H and O–H groups in total. The molecule has 1 aliphatic heterocycles. The van der Waals surface area contributed by atoms with E-state index in [1.807, 2.05) is 72.5 Å². The number of aryl methyl sites for hydroxylation is 1. The van der Waals surface area contributed by atoms with Crippen molar-refractivity contribution in [1.29, 1.82) is 0 Å². The Kier molecular flexibility index (Phi) is 8.26. The van der Waals surface area contributed by atoms with Crippen LogP contribution in [0.25, 0.3) is 0 Å². The third kappa shape index (κ3) is 6.45. The Bertz CT molecular complexity index is 1150. The van der Waals surface area contributed by atoms with Crippen molar-refractivity contribution in [3.8, 4) is 5.75 Å². The van der Waals surface area contributed by atoms with Crippen LogP contribution in [0.15, 0.2) is 72.8 Å². The Morgan fingerprint density at radius 2 is 1.53 bits per heavy atom. The standard InChI is InChI=1S/C30H35N3O3/c1-4-23(3)24-9-15-28(16-10-24)36-21-29(34)31-26-11-13-27(14-12-26)32-17-19-33(20-18-32)30(35)25-7-5-22(2)6-8-25/h5-16,23H,4,17-21H2,1-3H3,(H,31,34)/t23-/m0/s1. The molecule has 6 heteroatoms. The Morgan fingerprint density at radius 3 is 2.14 bits per heavy atom. The van der Waals surface area contributed by atoms with E-state index in [2.05, 4.69) is 36.2 Å². The molecule has 0 aliphatic carbocycles. The van der Waals surface area contributed by atoms with Gasteiger partial charge in [0.1, 0.15) is 5.75 Å². The van der Waals surface area contributed by atoms with E-state index in [4.69, 9.17) is 4.74 Å². The summed E-state index contributed by atoms with van der Waals surface area (Å²) in [5.74, 6) is 1.08. The van der Waals surface area contributed by atoms with Crippen molar-refractivity contribution in [2.45, 2.75) is 33.1 Å². The number of rotatable bonds is 8. The van der Waals surface area contributed by atoms with Crippen LogP contribution >= 0.6 is 0 Å². The SMILES string of the molecule is CC[C@H](C)c1ccc(OCC(=O)Nc2ccc(N3CCN(C(=O)c4ccc(C)cc4)CC3)cc2)cc1. The lowest BCUT2D eigenvalue weighted by molar-refractivity contribution is -0.118. The summed E-state index contributed by atoms with van der Waals surface area (Å²) < 4.78 is 5.64. The second kappa shape index (κ2) is 11.8. The van der Waals surface area contributed by atoms with Crippen LogP contribution in [-0.2, 0) is 4.79 Å². The van der Waals surface area contributed by atoms with E-state index >= 15 is 0 Å². The first kappa shape index (κ1) is 25.3. The number of ether oxygens (including phenoxy) is 1. The van der Waals surface area contributed by atoms with Gasteiger partial charge in [-0.3, -0.25) is 9.59 Å². The highest BCUT2D eigenvalue weighted by molar-refractivity contribution is 5.94. The molecule has 1 heterocycles. The molecule has 188 valence electrons. The van der Waals surface area contributed by atoms with Gasteiger partial charge < -0.3 is 19.9 Å². The molecule has 0 saturated carbocycles. The lowest BCUT2D eigenvalue weighted by Gasteiger charge is -2.36. The monoisotopic (exact) mass is 485 g/mol. The summed E-state index contributed by atoms with van der Waals surface area (Å²) in [7, 11) is 0. The van der Waals surface area contributed by atoms with Crippen LogP contribution in [0.3, 0.4) is 0 Å². The minimum Gasteiger partial charge on any atom is -0.484 e. The molecule has 4 rings (SSSR count). The van der Waals surface area contributed by atoms with E-state index in [1.165, 1.54) is 5.56 Å². The Hall–Kier alpha value is -3.80. The van der Waals surface area contributed by atoms with Crippen LogP contribution in [0.5, 0.6) is 5.75 Å². The van der Waals surface area contributed by atoms with Crippen molar-refractivity contribution in [3.63, 3.8) is 0 Å². The molecular formula is C30H35N3O3. The number of amides is 2. The van der Waals surface area contributed by atoms with Crippen LogP contribution in [0, 0.1) is 6.92 Å². The van der Waals surface area contributed by atoms with E-state index in [0.717, 1.165) is 42.0 Å². The van der Waals surface area contributed by atoms with E-state index in [-0.39, 0.29) is 18.4 Å². The second-order valence-electron chi connectivity index (χ2n) is 9.41. The third-order valence-electron chi connectivity index (χ3n) is 6.81. The maximum atomic E-state index is 12.8. The zero-order valence-electron chi connectivity index (χ0n) is 21.4. The molecule has 0 radical (unpaired) electrons. The molecular weight excluding hydrogens is 450 g/mol. The van der Waals surface area contributed by atoms with Crippen molar-refractivity contribution in [2.75, 3.05) is 43.0 Å². The minimum atomic E-state index is -0.197. The molecule has 0 aromatic heterocycles. The van der Waals surface area contributed by atoms with Crippen LogP contribution in [0.4, 0.5) is 11.4 Å². The highest BCUT2D eigenvalue weighted by atomic mass is 16.5. The normalized spacial score (nSPS) is 14.3. The number of carbonyl (C=O) groups excluding carboxylic acids is 2. The van der Waals surface area contributed by atoms with Gasteiger partial charge >= 0.3 is 0 Å². The third-order valence-corrected chi connectivity index (χ3v) is 6.81. The van der Waals surface area contributed by atoms with Gasteiger partial charge in [-0.2, -0.15) is 0 Å². The van der Waals surface area contributed by atoms with E-state index < -0.39 is 0 Å². The largest absolute Gasteiger partial charge is 0.484 e. The predicted molar refractivity (Wildman–Crippen MR) is 145 cm³/mol. The van der Waals surface area contributed by atoms with Gasteiger partial charge in [-0.25, -0.2) is 0 Å². The van der Waals surface area contributed by atoms with Gasteiger partial charge in [0, 0.05) is 43.1 Å². The molecule has 3 aromatic carbocycles. The fourth-order valence-corrected chi connectivity index (χ4v) is 4.28. The minimum absolute atomic E-state index is 0.0403. The first-order chi connectivity index (χ1) is 17.4. The molecule has 1 fully saturated rings. The van der Waals surface area contributed by atoms with Crippen molar-refractivity contribution in [2.24, 2.45) is 0 Å². The average Bonchev–Trinajstić information content (AvgIpc) is 2.92. The molecule has 1 atom stereocenters. The molecule has 1 aliphatic rings. The zero-order chi connectivity index (χ0) is 25.5. The van der Waals surface area contributed by atoms with Crippen LogP contribution in [0.1, 0.15) is 47.7 Å². The number of hydrogen-bond donors (Lipinski definition) is 1. The topological polar surface area (TPSA) is 61.9 Å². The Labute approximate surface area is 213 Å². The number of benzene rings is 3. The Balaban J connectivity index is 1.23. The quantitative estimate of drug-likeness (QED) is 0.458. The number of anilines is 2. The smallest absolute Gasteiger partial charge is 0.262 e. The first-order valence-electron chi connectivity index (χ1n) is 12.7. The molecule has 0 unspecified atom stereocenters. The molecule has 0 spiro atoms. The summed E-state index contributed by atoms with van der Waals surface area (Å²) in [4.78, 5) is 29.3. The van der Waals surface area contributed by atoms with Crippen molar-refractivity contribution < 1.29 is 14.3 Å². The maximum Gasteiger partial charge on any atom is 0.262 e. The van der Waals surface area contributed by atoms with E-state index in [0.29, 0.717) is 24.8 Å². The fraction of sp³-hybridized carbons (Fsp3) is 0.333. The van der Waals surface area contributed by atoms with Crippen molar-refractivity contribution in [1.82, 2.24) is 4.90 Å². The summed E-state index contributed by atoms with van der Waals surface area (Å²) >= 11 is 0. The van der Waals surface area contributed by atoms with Crippen LogP contribution < -0.4 is 15.0 Å². The van der Waals surface area contributed by atoms with Crippen LogP contribution in [-0.4, -0.2) is 49.5 Å². The molecule has 1 saturated heterocycles. The average molecular weight is 486 g/mol. The van der Waals surface area contributed by atoms with Gasteiger partial charge in [0.2, 0.25) is 0 Å². The number of carbonyl (C=O) groups is 2. The first-order valence-corrected chi connectivity index (χ1v) is 12.7. The molecule has 3 aromatic rings. The number of hydrogen-bond acceptors (Lipinski definition) is 4. The molecule has 2 amide bonds. The highest BCUT2D eigenvalue weighted by Gasteiger charge is 2.22. The van der Waals surface area contributed by atoms with Gasteiger partial charge in [-0.05, 0) is 73.4 Å². The van der Waals surface area contributed by atoms with Crippen molar-refractivity contribution in [3.05, 3.63) is 89.5 Å². The number of nitrogens with zero attached hydrogens (tertiary/aromatic N) is 2. The fourth-order valence-electron chi connectivity index (χ4n) is 4.28. The second-order valence-corrected chi connectivity index (χ2v) is 9.41. The van der Waals surface area contributed by atoms with Gasteiger partial charge in [-0.15, -0.1) is 0 Å². The van der Waals surface area contributed by atoms with Gasteiger partial charge in [0.15, 0.2) is 6.61 Å². The zero-order valence-corrected chi connectivity index (χ0v) is 21.4. The molecule has 6 nitrogen and oxygen atoms in total. The summed E-state index contributed by atoms with van der Waals surface area (Å²) in [6.45, 7) is 9.25. The lowest BCUT2D eigenvalue weighted by atomic mass is 9.99. The summed E-state index contributed by atoms with van der Waals surface area (Å²) in [5, 5.41) is 2.89. The number of piperazine rings is 1. The maximum absolute atomic E-state index is 12.8. The number of nitrogens with one attached hydrogen (secondary N) is 1. The van der Waals surface area contributed by atoms with Gasteiger partial charge in [0.25, 0.3) is 11.8 Å².